The van der Waals surface area contributed by atoms with Crippen LogP contribution in [0.15, 0.2) is 54.9 Å². The van der Waals surface area contributed by atoms with Gasteiger partial charge in [-0.1, -0.05) is 19.9 Å². The fourth-order valence-electron chi connectivity index (χ4n) is 2.90. The number of hydrogen-bond donors (Lipinski definition) is 0. The van der Waals surface area contributed by atoms with Gasteiger partial charge in [-0.2, -0.15) is 5.26 Å². The molecule has 1 heterocycles. The number of imidazole rings is 1. The Labute approximate surface area is 170 Å². The van der Waals surface area contributed by atoms with Crippen molar-refractivity contribution in [2.24, 2.45) is 0 Å². The molecule has 1 fully saturated rings. The third-order valence-electron chi connectivity index (χ3n) is 4.38. The monoisotopic (exact) mass is 393 g/mol. The minimum Gasteiger partial charge on any atom is -0.490 e. The standard InChI is InChI=1S/C21H18FN3O2.C2H6/c22-19-12-15(14-23)4-7-20(19)27-11-10-26-18-3-1-2-17(13-18)25-9-8-24-21(25)16-5-6-16;1-2/h1-4,7-9,12-13,16H,5-6,10-11H2;1-2H3. The molecule has 0 atom stereocenters. The zero-order valence-electron chi connectivity index (χ0n) is 16.6. The topological polar surface area (TPSA) is 60.1 Å². The molecule has 0 radical (unpaired) electrons. The van der Waals surface area contributed by atoms with Crippen molar-refractivity contribution < 1.29 is 13.9 Å². The van der Waals surface area contributed by atoms with Gasteiger partial charge in [0.05, 0.1) is 17.3 Å². The molecule has 29 heavy (non-hydrogen) atoms. The minimum atomic E-state index is -0.552. The molecule has 6 heteroatoms. The van der Waals surface area contributed by atoms with E-state index in [2.05, 4.69) is 9.55 Å². The molecule has 4 rings (SSSR count). The smallest absolute Gasteiger partial charge is 0.166 e. The first kappa shape index (κ1) is 20.4. The number of hydrogen-bond acceptors (Lipinski definition) is 4. The maximum Gasteiger partial charge on any atom is 0.166 e. The summed E-state index contributed by atoms with van der Waals surface area (Å²) in [5, 5.41) is 8.75. The molecule has 2 aromatic carbocycles. The van der Waals surface area contributed by atoms with Crippen molar-refractivity contribution in [3.63, 3.8) is 0 Å². The van der Waals surface area contributed by atoms with Gasteiger partial charge in [0.15, 0.2) is 11.6 Å². The molecule has 0 unspecified atom stereocenters. The summed E-state index contributed by atoms with van der Waals surface area (Å²) < 4.78 is 27.0. The van der Waals surface area contributed by atoms with Gasteiger partial charge in [-0.25, -0.2) is 9.37 Å². The fourth-order valence-corrected chi connectivity index (χ4v) is 2.90. The van der Waals surface area contributed by atoms with Gasteiger partial charge in [0.1, 0.15) is 24.8 Å². The van der Waals surface area contributed by atoms with Crippen LogP contribution in [0.5, 0.6) is 11.5 Å². The Hall–Kier alpha value is -3.33. The molecule has 1 saturated carbocycles. The van der Waals surface area contributed by atoms with E-state index in [1.807, 2.05) is 56.6 Å². The van der Waals surface area contributed by atoms with Gasteiger partial charge in [-0.15, -0.1) is 0 Å². The highest BCUT2D eigenvalue weighted by molar-refractivity contribution is 5.41. The molecule has 0 spiro atoms. The zero-order chi connectivity index (χ0) is 20.6. The quantitative estimate of drug-likeness (QED) is 0.515. The minimum absolute atomic E-state index is 0.110. The van der Waals surface area contributed by atoms with Crippen LogP contribution in [0.25, 0.3) is 5.69 Å². The molecule has 150 valence electrons. The Morgan fingerprint density at radius 2 is 1.93 bits per heavy atom. The summed E-state index contributed by atoms with van der Waals surface area (Å²) in [5.41, 5.74) is 1.27. The van der Waals surface area contributed by atoms with Gasteiger partial charge in [0.2, 0.25) is 0 Å². The average molecular weight is 393 g/mol. The summed E-state index contributed by atoms with van der Waals surface area (Å²) in [6, 6.07) is 13.8. The molecule has 3 aromatic rings. The van der Waals surface area contributed by atoms with Gasteiger partial charge >= 0.3 is 0 Å². The van der Waals surface area contributed by atoms with E-state index >= 15 is 0 Å². The third kappa shape index (κ3) is 5.14. The molecule has 0 bridgehead atoms. The maximum atomic E-state index is 13.8. The lowest BCUT2D eigenvalue weighted by atomic mass is 10.2. The van der Waals surface area contributed by atoms with Crippen molar-refractivity contribution >= 4 is 0 Å². The Morgan fingerprint density at radius 3 is 2.66 bits per heavy atom. The van der Waals surface area contributed by atoms with Crippen LogP contribution in [0.4, 0.5) is 4.39 Å². The highest BCUT2D eigenvalue weighted by Gasteiger charge is 2.28. The first-order valence-electron chi connectivity index (χ1n) is 9.83. The van der Waals surface area contributed by atoms with Crippen molar-refractivity contribution in [1.29, 1.82) is 5.26 Å². The van der Waals surface area contributed by atoms with Crippen LogP contribution in [-0.4, -0.2) is 22.8 Å². The molecule has 0 amide bonds. The lowest BCUT2D eigenvalue weighted by Crippen LogP contribution is -2.10. The van der Waals surface area contributed by atoms with E-state index < -0.39 is 5.82 Å². The molecule has 5 nitrogen and oxygen atoms in total. The third-order valence-corrected chi connectivity index (χ3v) is 4.38. The Balaban J connectivity index is 0.00000117. The number of rotatable bonds is 7. The second-order valence-corrected chi connectivity index (χ2v) is 6.38. The number of aromatic nitrogens is 2. The van der Waals surface area contributed by atoms with Gasteiger partial charge in [-0.05, 0) is 43.2 Å². The normalized spacial score (nSPS) is 12.5. The summed E-state index contributed by atoms with van der Waals surface area (Å²) in [4.78, 5) is 4.46. The predicted octanol–water partition coefficient (Wildman–Crippen LogP) is 5.24. The van der Waals surface area contributed by atoms with Crippen LogP contribution in [0.1, 0.15) is 44.0 Å². The van der Waals surface area contributed by atoms with Gasteiger partial charge in [-0.3, -0.25) is 0 Å². The maximum absolute atomic E-state index is 13.8. The van der Waals surface area contributed by atoms with Crippen LogP contribution < -0.4 is 9.47 Å². The molecule has 1 aliphatic carbocycles. The van der Waals surface area contributed by atoms with Crippen LogP contribution in [0.3, 0.4) is 0 Å². The van der Waals surface area contributed by atoms with Gasteiger partial charge in [0.25, 0.3) is 0 Å². The Morgan fingerprint density at radius 1 is 1.14 bits per heavy atom. The van der Waals surface area contributed by atoms with Crippen molar-refractivity contribution in [2.75, 3.05) is 13.2 Å². The molecular formula is C23H24FN3O2. The number of nitrogens with zero attached hydrogens (tertiary/aromatic N) is 3. The molecule has 0 aliphatic heterocycles. The van der Waals surface area contributed by atoms with E-state index in [9.17, 15) is 4.39 Å². The molecule has 0 saturated heterocycles. The SMILES string of the molecule is CC.N#Cc1ccc(OCCOc2cccc(-n3ccnc3C3CC3)c2)c(F)c1. The van der Waals surface area contributed by atoms with E-state index in [1.165, 1.54) is 25.0 Å². The summed E-state index contributed by atoms with van der Waals surface area (Å²) in [5.74, 6) is 1.92. The van der Waals surface area contributed by atoms with Crippen molar-refractivity contribution in [3.05, 3.63) is 72.1 Å². The highest BCUT2D eigenvalue weighted by Crippen LogP contribution is 2.39. The van der Waals surface area contributed by atoms with Crippen molar-refractivity contribution in [2.45, 2.75) is 32.6 Å². The second-order valence-electron chi connectivity index (χ2n) is 6.38. The number of nitriles is 1. The van der Waals surface area contributed by atoms with E-state index in [4.69, 9.17) is 14.7 Å². The van der Waals surface area contributed by atoms with Crippen molar-refractivity contribution in [1.82, 2.24) is 9.55 Å². The summed E-state index contributed by atoms with van der Waals surface area (Å²) in [7, 11) is 0. The first-order chi connectivity index (χ1) is 14.2. The first-order valence-corrected chi connectivity index (χ1v) is 9.83. The van der Waals surface area contributed by atoms with Crippen LogP contribution in [-0.2, 0) is 0 Å². The van der Waals surface area contributed by atoms with Crippen LogP contribution >= 0.6 is 0 Å². The summed E-state index contributed by atoms with van der Waals surface area (Å²) in [6.07, 6.45) is 6.16. The lowest BCUT2D eigenvalue weighted by molar-refractivity contribution is 0.211. The second kappa shape index (κ2) is 9.74. The van der Waals surface area contributed by atoms with Crippen LogP contribution in [0.2, 0.25) is 0 Å². The van der Waals surface area contributed by atoms with E-state index in [0.717, 1.165) is 17.6 Å². The Kier molecular flexibility index (Phi) is 6.85. The fraction of sp³-hybridized carbons (Fsp3) is 0.304. The molecule has 0 N–H and O–H groups in total. The van der Waals surface area contributed by atoms with E-state index in [0.29, 0.717) is 11.7 Å². The largest absolute Gasteiger partial charge is 0.490 e. The number of benzene rings is 2. The highest BCUT2D eigenvalue weighted by atomic mass is 19.1. The van der Waals surface area contributed by atoms with E-state index in [-0.39, 0.29) is 24.5 Å². The Bertz CT molecular complexity index is 990. The molecule has 1 aliphatic rings. The number of halogens is 1. The average Bonchev–Trinajstić information content (AvgIpc) is 3.49. The van der Waals surface area contributed by atoms with E-state index in [1.54, 1.807) is 0 Å². The number of ether oxygens (including phenoxy) is 2. The lowest BCUT2D eigenvalue weighted by Gasteiger charge is -2.11. The molecular weight excluding hydrogens is 369 g/mol. The van der Waals surface area contributed by atoms with Gasteiger partial charge < -0.3 is 14.0 Å². The zero-order valence-corrected chi connectivity index (χ0v) is 16.6. The summed E-state index contributed by atoms with van der Waals surface area (Å²) >= 11 is 0. The van der Waals surface area contributed by atoms with Gasteiger partial charge in [0, 0.05) is 24.4 Å². The molecule has 1 aromatic heterocycles. The van der Waals surface area contributed by atoms with Crippen LogP contribution in [0, 0.1) is 17.1 Å². The predicted molar refractivity (Wildman–Crippen MR) is 109 cm³/mol. The van der Waals surface area contributed by atoms with Crippen molar-refractivity contribution in [3.8, 4) is 23.3 Å². The summed E-state index contributed by atoms with van der Waals surface area (Å²) in [6.45, 7) is 4.48.